The standard InChI is InChI=1S/C14H20N8O/c1-11(18-13(23)12-9-17-20-19-12)10-21-5-7-22(8-6-21)14-15-3-2-4-16-14/h2-4,9,11H,5-8,10H2,1H3,(H,18,23)(H,17,19,20). The highest BCUT2D eigenvalue weighted by Crippen LogP contribution is 2.09. The van der Waals surface area contributed by atoms with Crippen molar-refractivity contribution >= 4 is 11.9 Å². The number of nitrogens with one attached hydrogen (secondary N) is 2. The maximum absolute atomic E-state index is 11.9. The number of hydrogen-bond acceptors (Lipinski definition) is 7. The maximum Gasteiger partial charge on any atom is 0.273 e. The Morgan fingerprint density at radius 3 is 2.70 bits per heavy atom. The first-order chi connectivity index (χ1) is 11.2. The Hall–Kier alpha value is -2.55. The van der Waals surface area contributed by atoms with Crippen LogP contribution in [0.25, 0.3) is 0 Å². The summed E-state index contributed by atoms with van der Waals surface area (Å²) in [6.07, 6.45) is 4.94. The lowest BCUT2D eigenvalue weighted by molar-refractivity contribution is 0.0923. The van der Waals surface area contributed by atoms with Gasteiger partial charge in [-0.25, -0.2) is 9.97 Å². The number of carbonyl (C=O) groups excluding carboxylic acids is 1. The van der Waals surface area contributed by atoms with Crippen LogP contribution in [-0.2, 0) is 0 Å². The Kier molecular flexibility index (Phi) is 4.77. The fraction of sp³-hybridized carbons (Fsp3) is 0.500. The van der Waals surface area contributed by atoms with E-state index in [4.69, 9.17) is 0 Å². The summed E-state index contributed by atoms with van der Waals surface area (Å²) in [6.45, 7) is 6.39. The number of hydrogen-bond donors (Lipinski definition) is 2. The van der Waals surface area contributed by atoms with E-state index in [9.17, 15) is 4.79 Å². The minimum Gasteiger partial charge on any atom is -0.347 e. The zero-order valence-corrected chi connectivity index (χ0v) is 13.0. The number of nitrogens with zero attached hydrogens (tertiary/aromatic N) is 6. The molecule has 23 heavy (non-hydrogen) atoms. The molecule has 1 unspecified atom stereocenters. The molecular formula is C14H20N8O. The minimum absolute atomic E-state index is 0.0405. The van der Waals surface area contributed by atoms with Gasteiger partial charge < -0.3 is 10.2 Å². The number of rotatable bonds is 5. The van der Waals surface area contributed by atoms with Crippen molar-refractivity contribution in [3.05, 3.63) is 30.4 Å². The molecule has 0 aromatic carbocycles. The molecule has 1 atom stereocenters. The highest BCUT2D eigenvalue weighted by Gasteiger charge is 2.21. The van der Waals surface area contributed by atoms with Crippen LogP contribution in [0.15, 0.2) is 24.7 Å². The molecule has 1 fully saturated rings. The van der Waals surface area contributed by atoms with Crippen LogP contribution in [0.3, 0.4) is 0 Å². The van der Waals surface area contributed by atoms with Crippen LogP contribution in [0.5, 0.6) is 0 Å². The minimum atomic E-state index is -0.206. The summed E-state index contributed by atoms with van der Waals surface area (Å²) in [6, 6.07) is 1.86. The predicted molar refractivity (Wildman–Crippen MR) is 84.0 cm³/mol. The van der Waals surface area contributed by atoms with Gasteiger partial charge in [-0.05, 0) is 13.0 Å². The molecule has 0 radical (unpaired) electrons. The second-order valence-corrected chi connectivity index (χ2v) is 5.57. The van der Waals surface area contributed by atoms with Gasteiger partial charge >= 0.3 is 0 Å². The van der Waals surface area contributed by atoms with E-state index in [1.54, 1.807) is 12.4 Å². The molecule has 0 bridgehead atoms. The Morgan fingerprint density at radius 2 is 2.04 bits per heavy atom. The third kappa shape index (κ3) is 4.01. The first-order valence-corrected chi connectivity index (χ1v) is 7.63. The third-order valence-corrected chi connectivity index (χ3v) is 3.76. The Balaban J connectivity index is 1.44. The van der Waals surface area contributed by atoms with Gasteiger partial charge in [0.2, 0.25) is 5.95 Å². The van der Waals surface area contributed by atoms with Crippen molar-refractivity contribution < 1.29 is 4.79 Å². The number of carbonyl (C=O) groups is 1. The van der Waals surface area contributed by atoms with E-state index >= 15 is 0 Å². The van der Waals surface area contributed by atoms with Gasteiger partial charge in [-0.3, -0.25) is 9.69 Å². The zero-order valence-electron chi connectivity index (χ0n) is 13.0. The molecule has 0 saturated carbocycles. The molecule has 3 rings (SSSR count). The molecule has 2 N–H and O–H groups in total. The highest BCUT2D eigenvalue weighted by atomic mass is 16.2. The Morgan fingerprint density at radius 1 is 1.30 bits per heavy atom. The van der Waals surface area contributed by atoms with Gasteiger partial charge in [0.25, 0.3) is 5.91 Å². The van der Waals surface area contributed by atoms with Gasteiger partial charge in [0.1, 0.15) is 0 Å². The van der Waals surface area contributed by atoms with Gasteiger partial charge in [0.15, 0.2) is 5.69 Å². The summed E-state index contributed by atoms with van der Waals surface area (Å²) in [5.41, 5.74) is 0.308. The summed E-state index contributed by atoms with van der Waals surface area (Å²) >= 11 is 0. The zero-order chi connectivity index (χ0) is 16.1. The lowest BCUT2D eigenvalue weighted by atomic mass is 10.2. The number of aromatic amines is 1. The quantitative estimate of drug-likeness (QED) is 0.769. The average molecular weight is 316 g/mol. The molecule has 9 heteroatoms. The molecular weight excluding hydrogens is 296 g/mol. The summed E-state index contributed by atoms with van der Waals surface area (Å²) in [7, 11) is 0. The second-order valence-electron chi connectivity index (χ2n) is 5.57. The van der Waals surface area contributed by atoms with E-state index in [0.29, 0.717) is 5.69 Å². The number of anilines is 1. The molecule has 1 aliphatic heterocycles. The molecule has 1 aliphatic rings. The van der Waals surface area contributed by atoms with E-state index in [-0.39, 0.29) is 11.9 Å². The van der Waals surface area contributed by atoms with Gasteiger partial charge in [-0.15, -0.1) is 0 Å². The van der Waals surface area contributed by atoms with Crippen LogP contribution in [0.2, 0.25) is 0 Å². The highest BCUT2D eigenvalue weighted by molar-refractivity contribution is 5.91. The van der Waals surface area contributed by atoms with Gasteiger partial charge in [0.05, 0.1) is 6.20 Å². The Bertz CT molecular complexity index is 609. The molecule has 0 aliphatic carbocycles. The van der Waals surface area contributed by atoms with Gasteiger partial charge in [-0.2, -0.15) is 15.4 Å². The molecule has 3 heterocycles. The van der Waals surface area contributed by atoms with E-state index in [1.807, 2.05) is 13.0 Å². The Labute approximate surface area is 134 Å². The van der Waals surface area contributed by atoms with Crippen molar-refractivity contribution in [2.75, 3.05) is 37.6 Å². The van der Waals surface area contributed by atoms with Crippen molar-refractivity contribution in [2.45, 2.75) is 13.0 Å². The lowest BCUT2D eigenvalue weighted by Crippen LogP contribution is -2.51. The van der Waals surface area contributed by atoms with Crippen LogP contribution in [0, 0.1) is 0 Å². The smallest absolute Gasteiger partial charge is 0.273 e. The molecule has 2 aromatic heterocycles. The SMILES string of the molecule is CC(CN1CCN(c2ncccn2)CC1)NC(=O)c1cn[nH]n1. The molecule has 9 nitrogen and oxygen atoms in total. The molecule has 1 amide bonds. The van der Waals surface area contributed by atoms with Crippen molar-refractivity contribution in [3.8, 4) is 0 Å². The van der Waals surface area contributed by atoms with E-state index in [1.165, 1.54) is 6.20 Å². The van der Waals surface area contributed by atoms with Crippen LogP contribution in [0.4, 0.5) is 5.95 Å². The monoisotopic (exact) mass is 316 g/mol. The first kappa shape index (κ1) is 15.3. The number of H-pyrrole nitrogens is 1. The summed E-state index contributed by atoms with van der Waals surface area (Å²) in [5.74, 6) is 0.571. The number of piperazine rings is 1. The molecule has 0 spiro atoms. The second kappa shape index (κ2) is 7.14. The van der Waals surface area contributed by atoms with E-state index < -0.39 is 0 Å². The van der Waals surface area contributed by atoms with Crippen LogP contribution in [-0.4, -0.2) is 75.0 Å². The lowest BCUT2D eigenvalue weighted by Gasteiger charge is -2.35. The predicted octanol–water partition coefficient (Wildman–Crippen LogP) is -0.465. The van der Waals surface area contributed by atoms with Gasteiger partial charge in [0, 0.05) is 51.2 Å². The molecule has 2 aromatic rings. The summed E-state index contributed by atoms with van der Waals surface area (Å²) in [4.78, 5) is 25.0. The number of aromatic nitrogens is 5. The first-order valence-electron chi connectivity index (χ1n) is 7.63. The van der Waals surface area contributed by atoms with Crippen LogP contribution < -0.4 is 10.2 Å². The molecule has 1 saturated heterocycles. The van der Waals surface area contributed by atoms with Crippen LogP contribution >= 0.6 is 0 Å². The van der Waals surface area contributed by atoms with E-state index in [0.717, 1.165) is 38.7 Å². The third-order valence-electron chi connectivity index (χ3n) is 3.76. The van der Waals surface area contributed by atoms with Crippen molar-refractivity contribution in [1.82, 2.24) is 35.6 Å². The fourth-order valence-electron chi connectivity index (χ4n) is 2.63. The van der Waals surface area contributed by atoms with Crippen molar-refractivity contribution in [1.29, 1.82) is 0 Å². The number of amides is 1. The molecule has 122 valence electrons. The fourth-order valence-corrected chi connectivity index (χ4v) is 2.63. The van der Waals surface area contributed by atoms with Crippen molar-refractivity contribution in [3.63, 3.8) is 0 Å². The summed E-state index contributed by atoms with van der Waals surface area (Å²) < 4.78 is 0. The average Bonchev–Trinajstić information content (AvgIpc) is 3.11. The maximum atomic E-state index is 11.9. The summed E-state index contributed by atoms with van der Waals surface area (Å²) in [5, 5.41) is 12.8. The van der Waals surface area contributed by atoms with Gasteiger partial charge in [-0.1, -0.05) is 0 Å². The normalized spacial score (nSPS) is 17.0. The largest absolute Gasteiger partial charge is 0.347 e. The topological polar surface area (TPSA) is 103 Å². The van der Waals surface area contributed by atoms with Crippen molar-refractivity contribution in [2.24, 2.45) is 0 Å². The van der Waals surface area contributed by atoms with E-state index in [2.05, 4.69) is 40.5 Å². The van der Waals surface area contributed by atoms with Crippen LogP contribution in [0.1, 0.15) is 17.4 Å².